The number of carbonyl (C=O) groups is 1. The van der Waals surface area contributed by atoms with Crippen molar-refractivity contribution < 1.29 is 13.2 Å². The molecule has 150 valence electrons. The number of sulfonamides is 1. The number of hydrogen-bond acceptors (Lipinski definition) is 4. The van der Waals surface area contributed by atoms with Crippen molar-refractivity contribution in [1.82, 2.24) is 9.21 Å². The molecule has 0 spiro atoms. The predicted octanol–water partition coefficient (Wildman–Crippen LogP) is 3.31. The van der Waals surface area contributed by atoms with Gasteiger partial charge in [0.2, 0.25) is 10.0 Å². The molecule has 1 aliphatic heterocycles. The first-order valence-corrected chi connectivity index (χ1v) is 12.0. The number of aryl methyl sites for hydroxylation is 5. The van der Waals surface area contributed by atoms with E-state index < -0.39 is 10.0 Å². The number of amides is 1. The molecule has 4 rings (SSSR count). The van der Waals surface area contributed by atoms with Crippen LogP contribution in [0.5, 0.6) is 0 Å². The molecule has 0 unspecified atom stereocenters. The third-order valence-corrected chi connectivity index (χ3v) is 9.12. The van der Waals surface area contributed by atoms with E-state index in [0.29, 0.717) is 31.1 Å². The van der Waals surface area contributed by atoms with Gasteiger partial charge in [-0.2, -0.15) is 4.31 Å². The molecule has 0 bridgehead atoms. The summed E-state index contributed by atoms with van der Waals surface area (Å²) in [7, 11) is -3.55. The summed E-state index contributed by atoms with van der Waals surface area (Å²) in [6, 6.07) is 5.86. The van der Waals surface area contributed by atoms with E-state index in [-0.39, 0.29) is 5.91 Å². The third kappa shape index (κ3) is 3.40. The lowest BCUT2D eigenvalue weighted by molar-refractivity contribution is 0.0702. The van der Waals surface area contributed by atoms with Crippen molar-refractivity contribution in [2.24, 2.45) is 0 Å². The van der Waals surface area contributed by atoms with Gasteiger partial charge in [-0.05, 0) is 62.8 Å². The summed E-state index contributed by atoms with van der Waals surface area (Å²) >= 11 is 1.61. The fraction of sp³-hybridized carbons (Fsp3) is 0.476. The first kappa shape index (κ1) is 19.6. The zero-order valence-corrected chi connectivity index (χ0v) is 18.3. The Labute approximate surface area is 171 Å². The first-order valence-electron chi connectivity index (χ1n) is 9.76. The highest BCUT2D eigenvalue weighted by Gasteiger charge is 2.33. The van der Waals surface area contributed by atoms with Crippen LogP contribution < -0.4 is 0 Å². The van der Waals surface area contributed by atoms with Crippen molar-refractivity contribution in [3.05, 3.63) is 50.2 Å². The summed E-state index contributed by atoms with van der Waals surface area (Å²) in [4.78, 5) is 17.2. The number of carbonyl (C=O) groups excluding carboxylic acids is 1. The fourth-order valence-electron chi connectivity index (χ4n) is 4.42. The van der Waals surface area contributed by atoms with Crippen LogP contribution in [0.25, 0.3) is 0 Å². The van der Waals surface area contributed by atoms with Crippen molar-refractivity contribution in [3.8, 4) is 0 Å². The van der Waals surface area contributed by atoms with Crippen molar-refractivity contribution in [2.75, 3.05) is 26.2 Å². The molecule has 1 saturated heterocycles. The Balaban J connectivity index is 1.48. The van der Waals surface area contributed by atoms with Gasteiger partial charge in [0.05, 0.1) is 9.77 Å². The number of fused-ring (bicyclic) bond motifs is 1. The van der Waals surface area contributed by atoms with Crippen LogP contribution in [-0.2, 0) is 22.9 Å². The van der Waals surface area contributed by atoms with Gasteiger partial charge in [0.25, 0.3) is 5.91 Å². The van der Waals surface area contributed by atoms with E-state index in [1.54, 1.807) is 16.2 Å². The average Bonchev–Trinajstić information content (AvgIpc) is 3.22. The van der Waals surface area contributed by atoms with Crippen molar-refractivity contribution >= 4 is 27.3 Å². The minimum atomic E-state index is -3.55. The minimum Gasteiger partial charge on any atom is -0.335 e. The summed E-state index contributed by atoms with van der Waals surface area (Å²) in [6.45, 7) is 7.22. The van der Waals surface area contributed by atoms with Crippen molar-refractivity contribution in [2.45, 2.75) is 44.9 Å². The monoisotopic (exact) mass is 418 g/mol. The quantitative estimate of drug-likeness (QED) is 0.768. The Morgan fingerprint density at radius 3 is 2.21 bits per heavy atom. The van der Waals surface area contributed by atoms with E-state index in [9.17, 15) is 13.2 Å². The second-order valence-corrected chi connectivity index (χ2v) is 10.8. The minimum absolute atomic E-state index is 0.0409. The molecule has 5 nitrogen and oxygen atoms in total. The lowest BCUT2D eigenvalue weighted by Crippen LogP contribution is -2.50. The van der Waals surface area contributed by atoms with Crippen LogP contribution in [0.3, 0.4) is 0 Å². The third-order valence-electron chi connectivity index (χ3n) is 5.69. The van der Waals surface area contributed by atoms with Crippen molar-refractivity contribution in [1.29, 1.82) is 0 Å². The van der Waals surface area contributed by atoms with Gasteiger partial charge in [0.1, 0.15) is 0 Å². The molecule has 2 heterocycles. The molecule has 7 heteroatoms. The second kappa shape index (κ2) is 7.28. The van der Waals surface area contributed by atoms with Crippen LogP contribution in [0.2, 0.25) is 0 Å². The highest BCUT2D eigenvalue weighted by atomic mass is 32.2. The maximum absolute atomic E-state index is 13.2. The van der Waals surface area contributed by atoms with E-state index in [2.05, 4.69) is 0 Å². The van der Waals surface area contributed by atoms with Crippen LogP contribution in [0.15, 0.2) is 23.1 Å². The standard InChI is InChI=1S/C21H26N2O3S2/c1-14-11-15(2)20(16(3)12-14)28(25,26)23-9-7-22(8-10-23)21(24)19-13-17-5-4-6-18(17)27-19/h11-13H,4-10H2,1-3H3. The molecule has 0 radical (unpaired) electrons. The second-order valence-electron chi connectivity index (χ2n) is 7.84. The SMILES string of the molecule is Cc1cc(C)c(S(=O)(=O)N2CCN(C(=O)c3cc4c(s3)CCC4)CC2)c(C)c1. The molecule has 0 saturated carbocycles. The summed E-state index contributed by atoms with van der Waals surface area (Å²) in [6.07, 6.45) is 3.33. The van der Waals surface area contributed by atoms with Gasteiger partial charge >= 0.3 is 0 Å². The fourth-order valence-corrected chi connectivity index (χ4v) is 7.48. The zero-order valence-electron chi connectivity index (χ0n) is 16.6. The van der Waals surface area contributed by atoms with E-state index in [1.165, 1.54) is 21.2 Å². The Morgan fingerprint density at radius 2 is 1.61 bits per heavy atom. The maximum Gasteiger partial charge on any atom is 0.264 e. The Hall–Kier alpha value is -1.70. The molecule has 0 N–H and O–H groups in total. The summed E-state index contributed by atoms with van der Waals surface area (Å²) < 4.78 is 27.9. The average molecular weight is 419 g/mol. The summed E-state index contributed by atoms with van der Waals surface area (Å²) in [5, 5.41) is 0. The van der Waals surface area contributed by atoms with Gasteiger partial charge in [0, 0.05) is 31.1 Å². The van der Waals surface area contributed by atoms with Crippen molar-refractivity contribution in [3.63, 3.8) is 0 Å². The molecule has 28 heavy (non-hydrogen) atoms. The Morgan fingerprint density at radius 1 is 0.964 bits per heavy atom. The van der Waals surface area contributed by atoms with E-state index in [0.717, 1.165) is 34.4 Å². The number of hydrogen-bond donors (Lipinski definition) is 0. The molecule has 2 aliphatic rings. The molecule has 2 aromatic rings. The molecule has 1 fully saturated rings. The number of rotatable bonds is 3. The van der Waals surface area contributed by atoms with Gasteiger partial charge in [-0.25, -0.2) is 8.42 Å². The topological polar surface area (TPSA) is 57.7 Å². The van der Waals surface area contributed by atoms with Crippen LogP contribution in [0.1, 0.15) is 43.2 Å². The maximum atomic E-state index is 13.2. The van der Waals surface area contributed by atoms with Crippen LogP contribution >= 0.6 is 11.3 Å². The molecular formula is C21H26N2O3S2. The number of thiophene rings is 1. The molecule has 1 aliphatic carbocycles. The number of benzene rings is 1. The van der Waals surface area contributed by atoms with E-state index in [1.807, 2.05) is 39.0 Å². The Kier molecular flexibility index (Phi) is 5.10. The zero-order chi connectivity index (χ0) is 20.1. The highest BCUT2D eigenvalue weighted by molar-refractivity contribution is 7.89. The summed E-state index contributed by atoms with van der Waals surface area (Å²) in [5.74, 6) is 0.0409. The van der Waals surface area contributed by atoms with Gasteiger partial charge < -0.3 is 4.90 Å². The first-order chi connectivity index (χ1) is 13.3. The molecular weight excluding hydrogens is 392 g/mol. The van der Waals surface area contributed by atoms with Gasteiger partial charge in [-0.3, -0.25) is 4.79 Å². The predicted molar refractivity (Wildman–Crippen MR) is 112 cm³/mol. The van der Waals surface area contributed by atoms with E-state index in [4.69, 9.17) is 0 Å². The Bertz CT molecular complexity index is 987. The van der Waals surface area contributed by atoms with Gasteiger partial charge in [-0.15, -0.1) is 11.3 Å². The number of nitrogens with zero attached hydrogens (tertiary/aromatic N) is 2. The lowest BCUT2D eigenvalue weighted by Gasteiger charge is -2.34. The van der Waals surface area contributed by atoms with E-state index >= 15 is 0 Å². The summed E-state index contributed by atoms with van der Waals surface area (Å²) in [5.41, 5.74) is 3.94. The number of piperazine rings is 1. The highest BCUT2D eigenvalue weighted by Crippen LogP contribution is 2.32. The van der Waals surface area contributed by atoms with Crippen LogP contribution in [-0.4, -0.2) is 49.7 Å². The van der Waals surface area contributed by atoms with Gasteiger partial charge in [0.15, 0.2) is 0 Å². The molecule has 0 atom stereocenters. The van der Waals surface area contributed by atoms with Crippen LogP contribution in [0, 0.1) is 20.8 Å². The molecule has 1 aromatic heterocycles. The lowest BCUT2D eigenvalue weighted by atomic mass is 10.1. The molecule has 1 amide bonds. The van der Waals surface area contributed by atoms with Crippen LogP contribution in [0.4, 0.5) is 0 Å². The normalized spacial score (nSPS) is 17.8. The van der Waals surface area contributed by atoms with Gasteiger partial charge in [-0.1, -0.05) is 17.7 Å². The smallest absolute Gasteiger partial charge is 0.264 e. The molecule has 1 aromatic carbocycles. The largest absolute Gasteiger partial charge is 0.335 e.